The van der Waals surface area contributed by atoms with Crippen LogP contribution in [0.2, 0.25) is 0 Å². The lowest BCUT2D eigenvalue weighted by Crippen LogP contribution is -2.34. The van der Waals surface area contributed by atoms with Gasteiger partial charge in [0.2, 0.25) is 5.91 Å². The van der Waals surface area contributed by atoms with E-state index in [-0.39, 0.29) is 0 Å². The van der Waals surface area contributed by atoms with Crippen LogP contribution in [-0.4, -0.2) is 37.1 Å². The molecule has 0 aromatic rings. The van der Waals surface area contributed by atoms with Crippen LogP contribution in [0.25, 0.3) is 0 Å². The average molecular weight is 267 g/mol. The van der Waals surface area contributed by atoms with Crippen LogP contribution in [0.3, 0.4) is 0 Å². The van der Waals surface area contributed by atoms with E-state index in [9.17, 15) is 4.79 Å². The normalized spacial score (nSPS) is 27.3. The first-order valence-electron chi connectivity index (χ1n) is 8.04. The summed E-state index contributed by atoms with van der Waals surface area (Å²) >= 11 is 0. The third-order valence-corrected chi connectivity index (χ3v) is 5.39. The van der Waals surface area contributed by atoms with Gasteiger partial charge < -0.3 is 9.64 Å². The Hall–Kier alpha value is -0.570. The van der Waals surface area contributed by atoms with Crippen molar-refractivity contribution in [2.45, 2.75) is 58.8 Å². The maximum absolute atomic E-state index is 12.4. The third kappa shape index (κ3) is 3.71. The Morgan fingerprint density at radius 3 is 2.68 bits per heavy atom. The van der Waals surface area contributed by atoms with E-state index in [1.807, 2.05) is 0 Å². The van der Waals surface area contributed by atoms with Gasteiger partial charge >= 0.3 is 0 Å². The van der Waals surface area contributed by atoms with Gasteiger partial charge in [0.05, 0.1) is 0 Å². The van der Waals surface area contributed by atoms with E-state index in [1.54, 1.807) is 0 Å². The number of rotatable bonds is 4. The minimum absolute atomic E-state index is 0.360. The fraction of sp³-hybridized carbons (Fsp3) is 0.938. The predicted molar refractivity (Wildman–Crippen MR) is 77.0 cm³/mol. The van der Waals surface area contributed by atoms with Crippen molar-refractivity contribution in [1.29, 1.82) is 0 Å². The number of carbonyl (C=O) groups excluding carboxylic acids is 1. The van der Waals surface area contributed by atoms with Crippen LogP contribution >= 0.6 is 0 Å². The first-order valence-corrected chi connectivity index (χ1v) is 8.04. The molecule has 2 aliphatic rings. The van der Waals surface area contributed by atoms with Crippen LogP contribution in [0.15, 0.2) is 0 Å². The van der Waals surface area contributed by atoms with E-state index in [4.69, 9.17) is 4.74 Å². The molecule has 1 amide bonds. The van der Waals surface area contributed by atoms with E-state index in [0.29, 0.717) is 23.7 Å². The van der Waals surface area contributed by atoms with Crippen molar-refractivity contribution in [3.05, 3.63) is 0 Å². The lowest BCUT2D eigenvalue weighted by atomic mass is 9.76. The zero-order valence-corrected chi connectivity index (χ0v) is 12.6. The van der Waals surface area contributed by atoms with Gasteiger partial charge in [-0.3, -0.25) is 4.79 Å². The molecule has 2 fully saturated rings. The van der Waals surface area contributed by atoms with E-state index in [2.05, 4.69) is 18.7 Å². The molecule has 0 radical (unpaired) electrons. The van der Waals surface area contributed by atoms with Crippen LogP contribution in [0, 0.1) is 11.3 Å². The van der Waals surface area contributed by atoms with Crippen LogP contribution < -0.4 is 0 Å². The van der Waals surface area contributed by atoms with Crippen molar-refractivity contribution in [1.82, 2.24) is 4.90 Å². The summed E-state index contributed by atoms with van der Waals surface area (Å²) in [6.45, 7) is 8.16. The highest BCUT2D eigenvalue weighted by molar-refractivity contribution is 5.76. The van der Waals surface area contributed by atoms with Crippen molar-refractivity contribution in [2.75, 3.05) is 26.3 Å². The number of likely N-dealkylation sites (tertiary alicyclic amines) is 1. The van der Waals surface area contributed by atoms with Gasteiger partial charge in [-0.25, -0.2) is 0 Å². The molecular weight excluding hydrogens is 238 g/mol. The number of carbonyl (C=O) groups is 1. The molecule has 0 N–H and O–H groups in total. The lowest BCUT2D eigenvalue weighted by Gasteiger charge is -2.30. The van der Waals surface area contributed by atoms with Gasteiger partial charge in [-0.15, -0.1) is 0 Å². The van der Waals surface area contributed by atoms with Crippen LogP contribution in [0.5, 0.6) is 0 Å². The first kappa shape index (κ1) is 14.8. The number of hydrogen-bond acceptors (Lipinski definition) is 2. The van der Waals surface area contributed by atoms with Crippen molar-refractivity contribution < 1.29 is 9.53 Å². The molecule has 3 nitrogen and oxygen atoms in total. The molecule has 3 heteroatoms. The highest BCUT2D eigenvalue weighted by Gasteiger charge is 2.31. The van der Waals surface area contributed by atoms with Gasteiger partial charge in [-0.05, 0) is 37.0 Å². The highest BCUT2D eigenvalue weighted by Crippen LogP contribution is 2.38. The monoisotopic (exact) mass is 267 g/mol. The minimum Gasteiger partial charge on any atom is -0.381 e. The Morgan fingerprint density at radius 1 is 1.26 bits per heavy atom. The topological polar surface area (TPSA) is 29.5 Å². The number of nitrogens with zero attached hydrogens (tertiary/aromatic N) is 1. The summed E-state index contributed by atoms with van der Waals surface area (Å²) in [5.74, 6) is 0.830. The van der Waals surface area contributed by atoms with Gasteiger partial charge in [0.1, 0.15) is 0 Å². The molecule has 1 unspecified atom stereocenters. The summed E-state index contributed by atoms with van der Waals surface area (Å²) in [6, 6.07) is 0. The zero-order valence-electron chi connectivity index (χ0n) is 12.6. The second kappa shape index (κ2) is 6.74. The van der Waals surface area contributed by atoms with Crippen LogP contribution in [0.4, 0.5) is 0 Å². The van der Waals surface area contributed by atoms with E-state index in [1.165, 1.54) is 32.1 Å². The summed E-state index contributed by atoms with van der Waals surface area (Å²) < 4.78 is 5.37. The van der Waals surface area contributed by atoms with Gasteiger partial charge in [0.15, 0.2) is 0 Å². The molecule has 0 saturated carbocycles. The van der Waals surface area contributed by atoms with Gasteiger partial charge in [0.25, 0.3) is 0 Å². The third-order valence-electron chi connectivity index (χ3n) is 5.39. The Morgan fingerprint density at radius 2 is 2.05 bits per heavy atom. The van der Waals surface area contributed by atoms with Crippen molar-refractivity contribution >= 4 is 5.91 Å². The molecule has 1 atom stereocenters. The quantitative estimate of drug-likeness (QED) is 0.782. The van der Waals surface area contributed by atoms with E-state index >= 15 is 0 Å². The molecule has 0 aliphatic carbocycles. The summed E-state index contributed by atoms with van der Waals surface area (Å²) in [7, 11) is 0. The van der Waals surface area contributed by atoms with E-state index < -0.39 is 0 Å². The van der Waals surface area contributed by atoms with E-state index in [0.717, 1.165) is 32.7 Å². The molecule has 0 spiro atoms. The Labute approximate surface area is 117 Å². The number of amides is 1. The van der Waals surface area contributed by atoms with Crippen molar-refractivity contribution in [3.8, 4) is 0 Å². The van der Waals surface area contributed by atoms with Gasteiger partial charge in [0, 0.05) is 32.7 Å². The molecule has 0 aromatic carbocycles. The molecule has 110 valence electrons. The molecule has 0 aromatic heterocycles. The average Bonchev–Trinajstić information content (AvgIpc) is 2.83. The SMILES string of the molecule is CCC1(CC)CCCN(C(=O)CC2CCOC2)CC1. The maximum atomic E-state index is 12.4. The maximum Gasteiger partial charge on any atom is 0.222 e. The summed E-state index contributed by atoms with van der Waals surface area (Å²) in [6.07, 6.45) is 7.92. The van der Waals surface area contributed by atoms with Crippen LogP contribution in [-0.2, 0) is 9.53 Å². The molecule has 2 saturated heterocycles. The largest absolute Gasteiger partial charge is 0.381 e. The Kier molecular flexibility index (Phi) is 5.26. The van der Waals surface area contributed by atoms with Crippen molar-refractivity contribution in [2.24, 2.45) is 11.3 Å². The van der Waals surface area contributed by atoms with Gasteiger partial charge in [-0.2, -0.15) is 0 Å². The standard InChI is InChI=1S/C16H29NO2/c1-3-16(4-2)7-5-9-17(10-8-16)15(18)12-14-6-11-19-13-14/h14H,3-13H2,1-2H3. The molecule has 2 heterocycles. The number of hydrogen-bond donors (Lipinski definition) is 0. The van der Waals surface area contributed by atoms with Gasteiger partial charge in [-0.1, -0.05) is 26.7 Å². The molecule has 2 aliphatic heterocycles. The summed E-state index contributed by atoms with van der Waals surface area (Å²) in [5.41, 5.74) is 0.492. The molecular formula is C16H29NO2. The fourth-order valence-corrected chi connectivity index (χ4v) is 3.58. The van der Waals surface area contributed by atoms with Crippen molar-refractivity contribution in [3.63, 3.8) is 0 Å². The van der Waals surface area contributed by atoms with Crippen LogP contribution in [0.1, 0.15) is 58.8 Å². The second-order valence-corrected chi connectivity index (χ2v) is 6.38. The number of ether oxygens (including phenoxy) is 1. The Bertz CT molecular complexity index is 293. The smallest absolute Gasteiger partial charge is 0.222 e. The fourth-order valence-electron chi connectivity index (χ4n) is 3.58. The second-order valence-electron chi connectivity index (χ2n) is 6.38. The summed E-state index contributed by atoms with van der Waals surface area (Å²) in [4.78, 5) is 14.5. The lowest BCUT2D eigenvalue weighted by molar-refractivity contribution is -0.132. The molecule has 2 rings (SSSR count). The first-order chi connectivity index (χ1) is 9.19. The zero-order chi connectivity index (χ0) is 13.7. The minimum atomic E-state index is 0.360. The summed E-state index contributed by atoms with van der Waals surface area (Å²) in [5, 5.41) is 0. The molecule has 19 heavy (non-hydrogen) atoms. The predicted octanol–water partition coefficient (Wildman–Crippen LogP) is 3.23. The Balaban J connectivity index is 1.85. The highest BCUT2D eigenvalue weighted by atomic mass is 16.5. The molecule has 0 bridgehead atoms.